The van der Waals surface area contributed by atoms with Gasteiger partial charge in [0, 0.05) is 25.1 Å². The van der Waals surface area contributed by atoms with Crippen LogP contribution in [0.2, 0.25) is 5.02 Å². The summed E-state index contributed by atoms with van der Waals surface area (Å²) in [5.41, 5.74) is 3.47. The first-order chi connectivity index (χ1) is 16.2. The van der Waals surface area contributed by atoms with E-state index in [9.17, 15) is 14.4 Å². The number of hydrazone groups is 1. The van der Waals surface area contributed by atoms with E-state index in [1.165, 1.54) is 6.21 Å². The monoisotopic (exact) mass is 669 g/mol. The van der Waals surface area contributed by atoms with Crippen molar-refractivity contribution in [2.75, 3.05) is 6.54 Å². The number of esters is 1. The molecule has 0 heterocycles. The molecular formula is C23H15Br3ClN3O4. The molecule has 0 fully saturated rings. The summed E-state index contributed by atoms with van der Waals surface area (Å²) in [5.74, 6) is -1.32. The highest BCUT2D eigenvalue weighted by molar-refractivity contribution is 9.11. The lowest BCUT2D eigenvalue weighted by Crippen LogP contribution is -2.34. The molecule has 3 aromatic rings. The van der Waals surface area contributed by atoms with Gasteiger partial charge in [-0.05, 0) is 80.4 Å². The predicted molar refractivity (Wildman–Crippen MR) is 140 cm³/mol. The molecule has 2 amide bonds. The maximum Gasteiger partial charge on any atom is 0.344 e. The number of nitrogens with zero attached hydrogens (tertiary/aromatic N) is 1. The minimum atomic E-state index is -0.570. The molecular weight excluding hydrogens is 657 g/mol. The van der Waals surface area contributed by atoms with Crippen LogP contribution in [-0.4, -0.2) is 30.5 Å². The van der Waals surface area contributed by atoms with E-state index in [1.807, 2.05) is 0 Å². The SMILES string of the molecule is O=C(CNC(=O)c1ccc(Cl)cc1)N/N=C\c1cc(Br)cc(Br)c1OC(=O)c1ccccc1Br. The van der Waals surface area contributed by atoms with Crippen LogP contribution in [0, 0.1) is 0 Å². The number of carbonyl (C=O) groups excluding carboxylic acids is 3. The fourth-order valence-electron chi connectivity index (χ4n) is 2.64. The van der Waals surface area contributed by atoms with E-state index in [4.69, 9.17) is 16.3 Å². The third kappa shape index (κ3) is 7.23. The summed E-state index contributed by atoms with van der Waals surface area (Å²) in [6, 6.07) is 16.5. The van der Waals surface area contributed by atoms with Gasteiger partial charge in [-0.2, -0.15) is 5.10 Å². The molecule has 0 radical (unpaired) electrons. The summed E-state index contributed by atoms with van der Waals surface area (Å²) in [4.78, 5) is 36.8. The van der Waals surface area contributed by atoms with Crippen LogP contribution in [0.1, 0.15) is 26.3 Å². The average Bonchev–Trinajstić information content (AvgIpc) is 2.80. The topological polar surface area (TPSA) is 96.9 Å². The van der Waals surface area contributed by atoms with Crippen LogP contribution in [0.15, 0.2) is 79.2 Å². The van der Waals surface area contributed by atoms with Crippen LogP contribution < -0.4 is 15.5 Å². The van der Waals surface area contributed by atoms with Crippen molar-refractivity contribution in [2.45, 2.75) is 0 Å². The summed E-state index contributed by atoms with van der Waals surface area (Å²) >= 11 is 15.9. The van der Waals surface area contributed by atoms with Crippen LogP contribution in [0.25, 0.3) is 0 Å². The first kappa shape index (κ1) is 26.1. The van der Waals surface area contributed by atoms with E-state index < -0.39 is 17.8 Å². The Morgan fingerprint density at radius 3 is 2.38 bits per heavy atom. The van der Waals surface area contributed by atoms with Crippen LogP contribution in [0.4, 0.5) is 0 Å². The van der Waals surface area contributed by atoms with Gasteiger partial charge in [0.15, 0.2) is 5.75 Å². The molecule has 11 heteroatoms. The van der Waals surface area contributed by atoms with E-state index in [2.05, 4.69) is 63.6 Å². The first-order valence-electron chi connectivity index (χ1n) is 9.56. The third-order valence-corrected chi connectivity index (χ3v) is 6.22. The standard InChI is InChI=1S/C23H15Br3ClN3O4/c24-15-9-14(21(19(26)10-15)34-23(33)17-3-1-2-4-18(17)25)11-29-30-20(31)12-28-22(32)13-5-7-16(27)8-6-13/h1-11H,12H2,(H,28,32)(H,30,31)/b29-11-. The van der Waals surface area contributed by atoms with Crippen molar-refractivity contribution in [3.8, 4) is 5.75 Å². The van der Waals surface area contributed by atoms with Crippen molar-refractivity contribution in [3.63, 3.8) is 0 Å². The van der Waals surface area contributed by atoms with Crippen molar-refractivity contribution in [3.05, 3.63) is 95.8 Å². The Labute approximate surface area is 225 Å². The molecule has 2 N–H and O–H groups in total. The van der Waals surface area contributed by atoms with E-state index >= 15 is 0 Å². The number of ether oxygens (including phenoxy) is 1. The molecule has 7 nitrogen and oxygen atoms in total. The Morgan fingerprint density at radius 1 is 0.971 bits per heavy atom. The molecule has 174 valence electrons. The molecule has 0 unspecified atom stereocenters. The number of amides is 2. The van der Waals surface area contributed by atoms with Gasteiger partial charge in [0.05, 0.1) is 22.8 Å². The van der Waals surface area contributed by atoms with Gasteiger partial charge in [0.2, 0.25) is 0 Å². The molecule has 3 aromatic carbocycles. The van der Waals surface area contributed by atoms with E-state index in [0.717, 1.165) is 0 Å². The van der Waals surface area contributed by atoms with Gasteiger partial charge in [-0.15, -0.1) is 0 Å². The van der Waals surface area contributed by atoms with Gasteiger partial charge < -0.3 is 10.1 Å². The van der Waals surface area contributed by atoms with Crippen LogP contribution >= 0.6 is 59.4 Å². The van der Waals surface area contributed by atoms with E-state index in [0.29, 0.717) is 35.1 Å². The van der Waals surface area contributed by atoms with Crippen molar-refractivity contribution < 1.29 is 19.1 Å². The largest absolute Gasteiger partial charge is 0.421 e. The number of hydrogen-bond donors (Lipinski definition) is 2. The summed E-state index contributed by atoms with van der Waals surface area (Å²) in [5, 5.41) is 6.90. The fraction of sp³-hybridized carbons (Fsp3) is 0.0435. The lowest BCUT2D eigenvalue weighted by molar-refractivity contribution is -0.120. The molecule has 0 aliphatic rings. The second-order valence-corrected chi connectivity index (χ2v) is 9.72. The second-order valence-electron chi connectivity index (χ2n) is 6.66. The summed E-state index contributed by atoms with van der Waals surface area (Å²) in [6.45, 7) is -0.287. The Hall–Kier alpha value is -2.53. The third-order valence-electron chi connectivity index (χ3n) is 4.23. The van der Waals surface area contributed by atoms with Crippen molar-refractivity contribution in [1.82, 2.24) is 10.7 Å². The Morgan fingerprint density at radius 2 is 1.68 bits per heavy atom. The minimum absolute atomic E-state index is 0.220. The smallest absolute Gasteiger partial charge is 0.344 e. The molecule has 0 aromatic heterocycles. The van der Waals surface area contributed by atoms with Crippen LogP contribution in [0.5, 0.6) is 5.75 Å². The highest BCUT2D eigenvalue weighted by Gasteiger charge is 2.17. The molecule has 0 saturated carbocycles. The van der Waals surface area contributed by atoms with Gasteiger partial charge in [-0.3, -0.25) is 9.59 Å². The second kappa shape index (κ2) is 12.3. The molecule has 34 heavy (non-hydrogen) atoms. The average molecular weight is 673 g/mol. The van der Waals surface area contributed by atoms with Crippen molar-refractivity contribution in [2.24, 2.45) is 5.10 Å². The van der Waals surface area contributed by atoms with Crippen molar-refractivity contribution >= 4 is 83.4 Å². The van der Waals surface area contributed by atoms with Crippen molar-refractivity contribution in [1.29, 1.82) is 0 Å². The summed E-state index contributed by atoms with van der Waals surface area (Å²) in [6.07, 6.45) is 1.33. The lowest BCUT2D eigenvalue weighted by atomic mass is 10.2. The molecule has 0 atom stereocenters. The number of hydrogen-bond acceptors (Lipinski definition) is 5. The van der Waals surface area contributed by atoms with Gasteiger partial charge in [0.1, 0.15) is 0 Å². The summed E-state index contributed by atoms with van der Waals surface area (Å²) in [7, 11) is 0. The highest BCUT2D eigenvalue weighted by Crippen LogP contribution is 2.33. The zero-order valence-electron chi connectivity index (χ0n) is 17.2. The molecule has 0 aliphatic heterocycles. The van der Waals surface area contributed by atoms with Crippen LogP contribution in [0.3, 0.4) is 0 Å². The number of halogens is 4. The van der Waals surface area contributed by atoms with E-state index in [-0.39, 0.29) is 12.3 Å². The molecule has 0 bridgehead atoms. The van der Waals surface area contributed by atoms with Crippen LogP contribution in [-0.2, 0) is 4.79 Å². The lowest BCUT2D eigenvalue weighted by Gasteiger charge is -2.11. The molecule has 0 saturated heterocycles. The zero-order chi connectivity index (χ0) is 24.7. The molecule has 0 aliphatic carbocycles. The van der Waals surface area contributed by atoms with E-state index in [1.54, 1.807) is 60.7 Å². The maximum atomic E-state index is 12.6. The van der Waals surface area contributed by atoms with Gasteiger partial charge in [-0.1, -0.05) is 39.7 Å². The number of rotatable bonds is 7. The Balaban J connectivity index is 1.65. The highest BCUT2D eigenvalue weighted by atomic mass is 79.9. The minimum Gasteiger partial charge on any atom is -0.421 e. The Bertz CT molecular complexity index is 1270. The quantitative estimate of drug-likeness (QED) is 0.145. The van der Waals surface area contributed by atoms with Gasteiger partial charge >= 0.3 is 5.97 Å². The predicted octanol–water partition coefficient (Wildman–Crippen LogP) is 5.73. The normalized spacial score (nSPS) is 10.7. The summed E-state index contributed by atoms with van der Waals surface area (Å²) < 4.78 is 7.38. The zero-order valence-corrected chi connectivity index (χ0v) is 22.7. The molecule has 0 spiro atoms. The Kier molecular flexibility index (Phi) is 9.40. The fourth-order valence-corrected chi connectivity index (χ4v) is 4.55. The van der Waals surface area contributed by atoms with Gasteiger partial charge in [0.25, 0.3) is 11.8 Å². The first-order valence-corrected chi connectivity index (χ1v) is 12.3. The van der Waals surface area contributed by atoms with Gasteiger partial charge in [-0.25, -0.2) is 10.2 Å². The molecule has 3 rings (SSSR count). The number of carbonyl (C=O) groups is 3. The maximum absolute atomic E-state index is 12.6. The number of benzene rings is 3. The number of nitrogens with one attached hydrogen (secondary N) is 2.